The van der Waals surface area contributed by atoms with Crippen LogP contribution in [0, 0.1) is 5.92 Å². The molecule has 1 aliphatic rings. The van der Waals surface area contributed by atoms with Gasteiger partial charge in [0.15, 0.2) is 0 Å². The van der Waals surface area contributed by atoms with Crippen molar-refractivity contribution in [3.8, 4) is 0 Å². The number of likely N-dealkylation sites (tertiary alicyclic amines) is 1. The van der Waals surface area contributed by atoms with Crippen LogP contribution in [-0.4, -0.2) is 32.9 Å². The van der Waals surface area contributed by atoms with E-state index in [1.165, 1.54) is 23.8 Å². The molecule has 1 aliphatic heterocycles. The van der Waals surface area contributed by atoms with Crippen molar-refractivity contribution in [3.05, 3.63) is 60.2 Å². The van der Waals surface area contributed by atoms with Gasteiger partial charge in [-0.3, -0.25) is 14.9 Å². The van der Waals surface area contributed by atoms with E-state index in [2.05, 4.69) is 44.1 Å². The summed E-state index contributed by atoms with van der Waals surface area (Å²) in [5.74, 6) is 1.16. The summed E-state index contributed by atoms with van der Waals surface area (Å²) in [7, 11) is 0. The Morgan fingerprint density at radius 2 is 2.00 bits per heavy atom. The van der Waals surface area contributed by atoms with Crippen molar-refractivity contribution < 1.29 is 0 Å². The Labute approximate surface area is 147 Å². The molecule has 1 atom stereocenters. The van der Waals surface area contributed by atoms with E-state index in [-0.39, 0.29) is 0 Å². The molecule has 0 spiro atoms. The SMILES string of the molecule is Nc1nccnc1C[C@H]1CCCN(Cc2ccc3ncccc3c2)C1. The fourth-order valence-corrected chi connectivity index (χ4v) is 3.75. The van der Waals surface area contributed by atoms with Gasteiger partial charge in [0.25, 0.3) is 0 Å². The molecule has 0 unspecified atom stereocenters. The van der Waals surface area contributed by atoms with Crippen LogP contribution < -0.4 is 5.73 Å². The second kappa shape index (κ2) is 7.15. The molecule has 5 nitrogen and oxygen atoms in total. The van der Waals surface area contributed by atoms with Gasteiger partial charge in [-0.1, -0.05) is 12.1 Å². The van der Waals surface area contributed by atoms with Gasteiger partial charge in [-0.15, -0.1) is 0 Å². The van der Waals surface area contributed by atoms with E-state index in [1.54, 1.807) is 12.4 Å². The Bertz CT molecular complexity index is 863. The van der Waals surface area contributed by atoms with E-state index in [4.69, 9.17) is 5.73 Å². The van der Waals surface area contributed by atoms with Gasteiger partial charge < -0.3 is 5.73 Å². The Hall–Kier alpha value is -2.53. The standard InChI is InChI=1S/C20H23N5/c21-20-19(23-8-9-24-20)12-15-3-2-10-25(13-15)14-16-5-6-18-17(11-16)4-1-7-22-18/h1,4-9,11,15H,2-3,10,12-14H2,(H2,21,24)/t15-/m1/s1. The van der Waals surface area contributed by atoms with E-state index >= 15 is 0 Å². The molecule has 1 fully saturated rings. The predicted octanol–water partition coefficient (Wildman–Crippen LogP) is 3.06. The highest BCUT2D eigenvalue weighted by Crippen LogP contribution is 2.23. The number of hydrogen-bond acceptors (Lipinski definition) is 5. The number of piperidine rings is 1. The summed E-state index contributed by atoms with van der Waals surface area (Å²) in [5.41, 5.74) is 9.30. The summed E-state index contributed by atoms with van der Waals surface area (Å²) in [4.78, 5) is 15.5. The third-order valence-corrected chi connectivity index (χ3v) is 4.97. The number of nitrogens with two attached hydrogens (primary N) is 1. The molecule has 4 rings (SSSR count). The number of nitrogen functional groups attached to an aromatic ring is 1. The van der Waals surface area contributed by atoms with Crippen molar-refractivity contribution in [2.75, 3.05) is 18.8 Å². The van der Waals surface area contributed by atoms with E-state index in [0.29, 0.717) is 11.7 Å². The van der Waals surface area contributed by atoms with Gasteiger partial charge in [-0.05, 0) is 55.5 Å². The molecule has 2 aromatic heterocycles. The Morgan fingerprint density at radius 3 is 2.92 bits per heavy atom. The molecule has 0 saturated carbocycles. The zero-order chi connectivity index (χ0) is 17.1. The quantitative estimate of drug-likeness (QED) is 0.795. The first-order chi connectivity index (χ1) is 12.3. The summed E-state index contributed by atoms with van der Waals surface area (Å²) in [6.07, 6.45) is 8.59. The number of nitrogens with zero attached hydrogens (tertiary/aromatic N) is 4. The molecule has 0 bridgehead atoms. The predicted molar refractivity (Wildman–Crippen MR) is 99.9 cm³/mol. The molecule has 0 amide bonds. The lowest BCUT2D eigenvalue weighted by atomic mass is 9.93. The first-order valence-corrected chi connectivity index (χ1v) is 8.89. The number of fused-ring (bicyclic) bond motifs is 1. The average Bonchev–Trinajstić information content (AvgIpc) is 2.64. The number of hydrogen-bond donors (Lipinski definition) is 1. The Balaban J connectivity index is 1.43. The summed E-state index contributed by atoms with van der Waals surface area (Å²) in [5, 5.41) is 1.21. The third kappa shape index (κ3) is 3.77. The summed E-state index contributed by atoms with van der Waals surface area (Å²) < 4.78 is 0. The molecule has 2 N–H and O–H groups in total. The van der Waals surface area contributed by atoms with Gasteiger partial charge in [-0.2, -0.15) is 0 Å². The lowest BCUT2D eigenvalue weighted by molar-refractivity contribution is 0.166. The highest BCUT2D eigenvalue weighted by atomic mass is 15.1. The normalized spacial score (nSPS) is 18.5. The number of benzene rings is 1. The fraction of sp³-hybridized carbons (Fsp3) is 0.350. The van der Waals surface area contributed by atoms with Gasteiger partial charge in [0, 0.05) is 37.1 Å². The zero-order valence-electron chi connectivity index (χ0n) is 14.3. The zero-order valence-corrected chi connectivity index (χ0v) is 14.3. The lowest BCUT2D eigenvalue weighted by Gasteiger charge is -2.32. The molecular weight excluding hydrogens is 310 g/mol. The average molecular weight is 333 g/mol. The van der Waals surface area contributed by atoms with E-state index in [0.717, 1.165) is 37.3 Å². The number of rotatable bonds is 4. The van der Waals surface area contributed by atoms with Gasteiger partial charge in [0.1, 0.15) is 5.82 Å². The van der Waals surface area contributed by atoms with E-state index < -0.39 is 0 Å². The minimum absolute atomic E-state index is 0.571. The minimum Gasteiger partial charge on any atom is -0.382 e. The second-order valence-corrected chi connectivity index (χ2v) is 6.87. The summed E-state index contributed by atoms with van der Waals surface area (Å²) in [6, 6.07) is 10.7. The van der Waals surface area contributed by atoms with Crippen molar-refractivity contribution in [1.82, 2.24) is 19.9 Å². The number of pyridine rings is 1. The largest absolute Gasteiger partial charge is 0.382 e. The molecule has 128 valence electrons. The first-order valence-electron chi connectivity index (χ1n) is 8.89. The molecule has 3 aromatic rings. The van der Waals surface area contributed by atoms with Gasteiger partial charge >= 0.3 is 0 Å². The van der Waals surface area contributed by atoms with Gasteiger partial charge in [-0.25, -0.2) is 4.98 Å². The molecule has 1 aromatic carbocycles. The van der Waals surface area contributed by atoms with Crippen LogP contribution in [0.5, 0.6) is 0 Å². The molecule has 0 radical (unpaired) electrons. The van der Waals surface area contributed by atoms with Crippen LogP contribution in [-0.2, 0) is 13.0 Å². The Morgan fingerprint density at radius 1 is 1.08 bits per heavy atom. The molecule has 1 saturated heterocycles. The van der Waals surface area contributed by atoms with Crippen LogP contribution in [0.1, 0.15) is 24.1 Å². The number of aromatic nitrogens is 3. The monoisotopic (exact) mass is 333 g/mol. The highest BCUT2D eigenvalue weighted by Gasteiger charge is 2.21. The molecule has 3 heterocycles. The summed E-state index contributed by atoms with van der Waals surface area (Å²) >= 11 is 0. The number of anilines is 1. The fourth-order valence-electron chi connectivity index (χ4n) is 3.75. The van der Waals surface area contributed by atoms with Crippen LogP contribution in [0.25, 0.3) is 10.9 Å². The second-order valence-electron chi connectivity index (χ2n) is 6.87. The van der Waals surface area contributed by atoms with E-state index in [9.17, 15) is 0 Å². The van der Waals surface area contributed by atoms with Gasteiger partial charge in [0.2, 0.25) is 0 Å². The topological polar surface area (TPSA) is 67.9 Å². The lowest BCUT2D eigenvalue weighted by Crippen LogP contribution is -2.36. The summed E-state index contributed by atoms with van der Waals surface area (Å²) in [6.45, 7) is 3.22. The van der Waals surface area contributed by atoms with Gasteiger partial charge in [0.05, 0.1) is 11.2 Å². The smallest absolute Gasteiger partial charge is 0.145 e. The maximum Gasteiger partial charge on any atom is 0.145 e. The molecule has 0 aliphatic carbocycles. The van der Waals surface area contributed by atoms with E-state index in [1.807, 2.05) is 12.3 Å². The molecule has 25 heavy (non-hydrogen) atoms. The van der Waals surface area contributed by atoms with Crippen LogP contribution >= 0.6 is 0 Å². The third-order valence-electron chi connectivity index (χ3n) is 4.97. The van der Waals surface area contributed by atoms with Crippen molar-refractivity contribution in [1.29, 1.82) is 0 Å². The Kier molecular flexibility index (Phi) is 4.57. The van der Waals surface area contributed by atoms with Crippen LogP contribution in [0.2, 0.25) is 0 Å². The highest BCUT2D eigenvalue weighted by molar-refractivity contribution is 5.78. The van der Waals surface area contributed by atoms with Crippen LogP contribution in [0.15, 0.2) is 48.9 Å². The first kappa shape index (κ1) is 16.0. The molecular formula is C20H23N5. The van der Waals surface area contributed by atoms with Crippen molar-refractivity contribution >= 4 is 16.7 Å². The van der Waals surface area contributed by atoms with Crippen LogP contribution in [0.3, 0.4) is 0 Å². The maximum atomic E-state index is 5.96. The maximum absolute atomic E-state index is 5.96. The molecule has 5 heteroatoms. The van der Waals surface area contributed by atoms with Crippen molar-refractivity contribution in [2.45, 2.75) is 25.8 Å². The minimum atomic E-state index is 0.571. The van der Waals surface area contributed by atoms with Crippen LogP contribution in [0.4, 0.5) is 5.82 Å². The van der Waals surface area contributed by atoms with Crippen molar-refractivity contribution in [3.63, 3.8) is 0 Å². The van der Waals surface area contributed by atoms with Crippen molar-refractivity contribution in [2.24, 2.45) is 5.92 Å².